The summed E-state index contributed by atoms with van der Waals surface area (Å²) in [6.07, 6.45) is 1.71. The number of nitrogens with zero attached hydrogens (tertiary/aromatic N) is 4. The Morgan fingerprint density at radius 2 is 2.17 bits per heavy atom. The molecule has 0 spiro atoms. The fourth-order valence-corrected chi connectivity index (χ4v) is 2.09. The van der Waals surface area contributed by atoms with Crippen molar-refractivity contribution in [2.45, 2.75) is 26.4 Å². The standard InChI is InChI=1S/C14H22N4/c1-5-18(12(2)10-17(3)4)11-13-6-7-16-14(8-13)9-15/h6-8,12H,5,10-11H2,1-4H3. The zero-order valence-corrected chi connectivity index (χ0v) is 11.7. The Bertz CT molecular complexity index is 409. The molecule has 4 heteroatoms. The average molecular weight is 246 g/mol. The summed E-state index contributed by atoms with van der Waals surface area (Å²) in [6.45, 7) is 7.29. The fourth-order valence-electron chi connectivity index (χ4n) is 2.09. The summed E-state index contributed by atoms with van der Waals surface area (Å²) in [5.41, 5.74) is 1.64. The maximum Gasteiger partial charge on any atom is 0.140 e. The molecule has 1 atom stereocenters. The summed E-state index contributed by atoms with van der Waals surface area (Å²) in [7, 11) is 4.18. The zero-order valence-electron chi connectivity index (χ0n) is 11.7. The summed E-state index contributed by atoms with van der Waals surface area (Å²) in [6, 6.07) is 6.42. The number of hydrogen-bond donors (Lipinski definition) is 0. The van der Waals surface area contributed by atoms with Crippen LogP contribution in [0.5, 0.6) is 0 Å². The van der Waals surface area contributed by atoms with E-state index in [2.05, 4.69) is 48.8 Å². The molecule has 0 aliphatic rings. The van der Waals surface area contributed by atoms with Crippen LogP contribution in [0.1, 0.15) is 25.1 Å². The van der Waals surface area contributed by atoms with Crippen molar-refractivity contribution in [3.8, 4) is 6.07 Å². The molecule has 0 aromatic carbocycles. The van der Waals surface area contributed by atoms with E-state index in [4.69, 9.17) is 5.26 Å². The molecule has 0 aliphatic carbocycles. The summed E-state index contributed by atoms with van der Waals surface area (Å²) < 4.78 is 0. The lowest BCUT2D eigenvalue weighted by atomic mass is 10.2. The quantitative estimate of drug-likeness (QED) is 0.766. The molecular formula is C14H22N4. The molecule has 0 aliphatic heterocycles. The first kappa shape index (κ1) is 14.6. The van der Waals surface area contributed by atoms with Crippen molar-refractivity contribution in [3.05, 3.63) is 29.6 Å². The summed E-state index contributed by atoms with van der Waals surface area (Å²) in [4.78, 5) is 8.59. The number of pyridine rings is 1. The SMILES string of the molecule is CCN(Cc1ccnc(C#N)c1)C(C)CN(C)C. The van der Waals surface area contributed by atoms with Gasteiger partial charge in [-0.3, -0.25) is 4.90 Å². The number of likely N-dealkylation sites (N-methyl/N-ethyl adjacent to an activating group) is 2. The van der Waals surface area contributed by atoms with E-state index in [9.17, 15) is 0 Å². The van der Waals surface area contributed by atoms with E-state index in [0.717, 1.165) is 25.2 Å². The molecule has 1 aromatic rings. The number of rotatable bonds is 6. The number of aromatic nitrogens is 1. The van der Waals surface area contributed by atoms with Gasteiger partial charge in [0.1, 0.15) is 11.8 Å². The predicted molar refractivity (Wildman–Crippen MR) is 73.1 cm³/mol. The monoisotopic (exact) mass is 246 g/mol. The average Bonchev–Trinajstić information content (AvgIpc) is 2.35. The van der Waals surface area contributed by atoms with Crippen LogP contribution < -0.4 is 0 Å². The number of hydrogen-bond acceptors (Lipinski definition) is 4. The van der Waals surface area contributed by atoms with Crippen LogP contribution in [0.2, 0.25) is 0 Å². The largest absolute Gasteiger partial charge is 0.308 e. The molecule has 0 amide bonds. The molecule has 4 nitrogen and oxygen atoms in total. The Hall–Kier alpha value is -1.44. The smallest absolute Gasteiger partial charge is 0.140 e. The van der Waals surface area contributed by atoms with Gasteiger partial charge in [0, 0.05) is 25.3 Å². The van der Waals surface area contributed by atoms with Crippen molar-refractivity contribution < 1.29 is 0 Å². The van der Waals surface area contributed by atoms with E-state index < -0.39 is 0 Å². The zero-order chi connectivity index (χ0) is 13.5. The molecule has 1 aromatic heterocycles. The molecule has 98 valence electrons. The van der Waals surface area contributed by atoms with Gasteiger partial charge in [0.15, 0.2) is 0 Å². The molecule has 0 saturated heterocycles. The van der Waals surface area contributed by atoms with Gasteiger partial charge in [0.25, 0.3) is 0 Å². The highest BCUT2D eigenvalue weighted by Crippen LogP contribution is 2.09. The van der Waals surface area contributed by atoms with Crippen molar-refractivity contribution in [1.29, 1.82) is 5.26 Å². The highest BCUT2D eigenvalue weighted by atomic mass is 15.2. The second-order valence-electron chi connectivity index (χ2n) is 4.84. The van der Waals surface area contributed by atoms with Crippen molar-refractivity contribution in [1.82, 2.24) is 14.8 Å². The first-order chi connectivity index (χ1) is 8.56. The van der Waals surface area contributed by atoms with Gasteiger partial charge in [-0.15, -0.1) is 0 Å². The normalized spacial score (nSPS) is 12.7. The van der Waals surface area contributed by atoms with Crippen molar-refractivity contribution in [2.75, 3.05) is 27.2 Å². The van der Waals surface area contributed by atoms with Crippen LogP contribution in [0.25, 0.3) is 0 Å². The van der Waals surface area contributed by atoms with Crippen LogP contribution in [0.4, 0.5) is 0 Å². The highest BCUT2D eigenvalue weighted by Gasteiger charge is 2.13. The lowest BCUT2D eigenvalue weighted by Crippen LogP contribution is -2.39. The van der Waals surface area contributed by atoms with Crippen molar-refractivity contribution in [3.63, 3.8) is 0 Å². The highest BCUT2D eigenvalue weighted by molar-refractivity contribution is 5.25. The summed E-state index contributed by atoms with van der Waals surface area (Å²) >= 11 is 0. The Balaban J connectivity index is 2.70. The molecule has 0 radical (unpaired) electrons. The second-order valence-corrected chi connectivity index (χ2v) is 4.84. The third-order valence-corrected chi connectivity index (χ3v) is 2.98. The second kappa shape index (κ2) is 7.10. The minimum atomic E-state index is 0.490. The van der Waals surface area contributed by atoms with E-state index >= 15 is 0 Å². The van der Waals surface area contributed by atoms with Crippen molar-refractivity contribution >= 4 is 0 Å². The molecule has 0 saturated carbocycles. The molecular weight excluding hydrogens is 224 g/mol. The van der Waals surface area contributed by atoms with E-state index in [1.807, 2.05) is 12.1 Å². The van der Waals surface area contributed by atoms with Crippen molar-refractivity contribution in [2.24, 2.45) is 0 Å². The molecule has 0 fully saturated rings. The predicted octanol–water partition coefficient (Wildman–Crippen LogP) is 1.73. The topological polar surface area (TPSA) is 43.2 Å². The Morgan fingerprint density at radius 1 is 1.44 bits per heavy atom. The molecule has 0 bridgehead atoms. The van der Waals surface area contributed by atoms with Crippen LogP contribution in [0, 0.1) is 11.3 Å². The molecule has 18 heavy (non-hydrogen) atoms. The Labute approximate surface area is 110 Å². The van der Waals surface area contributed by atoms with Crippen LogP contribution in [0.3, 0.4) is 0 Å². The Morgan fingerprint density at radius 3 is 2.72 bits per heavy atom. The maximum absolute atomic E-state index is 8.85. The minimum Gasteiger partial charge on any atom is -0.308 e. The van der Waals surface area contributed by atoms with Gasteiger partial charge >= 0.3 is 0 Å². The van der Waals surface area contributed by atoms with Gasteiger partial charge in [-0.25, -0.2) is 4.98 Å². The first-order valence-corrected chi connectivity index (χ1v) is 6.30. The lowest BCUT2D eigenvalue weighted by molar-refractivity contribution is 0.174. The van der Waals surface area contributed by atoms with Crippen LogP contribution in [-0.4, -0.2) is 48.0 Å². The van der Waals surface area contributed by atoms with E-state index in [0.29, 0.717) is 11.7 Å². The van der Waals surface area contributed by atoms with Crippen LogP contribution >= 0.6 is 0 Å². The van der Waals surface area contributed by atoms with Crippen LogP contribution in [-0.2, 0) is 6.54 Å². The molecule has 1 unspecified atom stereocenters. The minimum absolute atomic E-state index is 0.490. The lowest BCUT2D eigenvalue weighted by Gasteiger charge is -2.30. The van der Waals surface area contributed by atoms with Gasteiger partial charge in [-0.1, -0.05) is 6.92 Å². The van der Waals surface area contributed by atoms with Gasteiger partial charge in [-0.2, -0.15) is 5.26 Å². The molecule has 0 N–H and O–H groups in total. The third kappa shape index (κ3) is 4.44. The summed E-state index contributed by atoms with van der Waals surface area (Å²) in [5, 5.41) is 8.85. The third-order valence-electron chi connectivity index (χ3n) is 2.98. The van der Waals surface area contributed by atoms with Gasteiger partial charge in [0.2, 0.25) is 0 Å². The van der Waals surface area contributed by atoms with E-state index in [-0.39, 0.29) is 0 Å². The van der Waals surface area contributed by atoms with E-state index in [1.54, 1.807) is 6.20 Å². The molecule has 1 heterocycles. The Kier molecular flexibility index (Phi) is 5.76. The summed E-state index contributed by atoms with van der Waals surface area (Å²) in [5.74, 6) is 0. The van der Waals surface area contributed by atoms with Crippen LogP contribution in [0.15, 0.2) is 18.3 Å². The first-order valence-electron chi connectivity index (χ1n) is 6.30. The fraction of sp³-hybridized carbons (Fsp3) is 0.571. The van der Waals surface area contributed by atoms with Gasteiger partial charge in [-0.05, 0) is 45.3 Å². The van der Waals surface area contributed by atoms with E-state index in [1.165, 1.54) is 0 Å². The number of nitriles is 1. The molecule has 1 rings (SSSR count). The maximum atomic E-state index is 8.85. The van der Waals surface area contributed by atoms with Gasteiger partial charge in [0.05, 0.1) is 0 Å². The van der Waals surface area contributed by atoms with Gasteiger partial charge < -0.3 is 4.90 Å².